The number of nitriles is 6. The largest absolute Gasteiger partial charge is 0.305 e. The zero-order valence-corrected chi connectivity index (χ0v) is 39.8. The molecule has 0 spiro atoms. The first-order chi connectivity index (χ1) is 37.4. The van der Waals surface area contributed by atoms with Crippen LogP contribution in [0.1, 0.15) is 33.4 Å². The Balaban J connectivity index is 1.33. The highest BCUT2D eigenvalue weighted by Crippen LogP contribution is 2.49. The summed E-state index contributed by atoms with van der Waals surface area (Å²) in [6.07, 6.45) is 0. The molecule has 5 aromatic heterocycles. The van der Waals surface area contributed by atoms with Crippen molar-refractivity contribution in [1.29, 1.82) is 31.6 Å². The standard InChI is InChI=1S/C65H31N11/c66-32-38-14-20-55-47(26-38)48-27-39(33-67)15-21-56(48)73(55)62-61(44-8-2-1-3-9-44)63(74-57-22-16-40(34-68)28-49(57)50-29-41(35-69)17-23-58(50)74)65(72-64(62)75-53-12-6-4-10-45(53)46-11-5-7-13-54(46)75)76-59-24-18-42(36-70)30-51(59)52-31-43(37-71)19-25-60(52)76/h1-31H. The van der Waals surface area contributed by atoms with Crippen LogP contribution in [0, 0.1) is 68.0 Å². The molecule has 5 heterocycles. The number of pyridine rings is 1. The van der Waals surface area contributed by atoms with Crippen LogP contribution < -0.4 is 0 Å². The summed E-state index contributed by atoms with van der Waals surface area (Å²) in [5, 5.41) is 68.7. The minimum absolute atomic E-state index is 0.445. The molecular weight excluding hydrogens is 935 g/mol. The SMILES string of the molecule is N#Cc1ccc2c(c1)c1cc(C#N)ccc1n2-c1nc(-n2c3ccccc3c3ccccc32)c(-n2c3ccc(C#N)cc3c3cc(C#N)ccc32)c(-c2ccccc2)c1-n1c2ccc(C#N)cc2c2cc(C#N)ccc21. The highest BCUT2D eigenvalue weighted by Gasteiger charge is 2.33. The quantitative estimate of drug-likeness (QED) is 0.165. The third-order valence-electron chi connectivity index (χ3n) is 14.7. The van der Waals surface area contributed by atoms with Crippen molar-refractivity contribution in [3.8, 4) is 70.6 Å². The summed E-state index contributed by atoms with van der Waals surface area (Å²) in [5.74, 6) is 1.03. The van der Waals surface area contributed by atoms with Crippen LogP contribution in [0.25, 0.3) is 121 Å². The van der Waals surface area contributed by atoms with E-state index in [2.05, 4.69) is 91.1 Å². The molecule has 346 valence electrons. The number of rotatable bonds is 5. The molecule has 9 aromatic carbocycles. The number of aromatic nitrogens is 5. The first-order valence-electron chi connectivity index (χ1n) is 24.2. The molecule has 0 unspecified atom stereocenters. The molecule has 14 aromatic rings. The average molecular weight is 966 g/mol. The number of hydrogen-bond donors (Lipinski definition) is 0. The van der Waals surface area contributed by atoms with E-state index in [1.165, 1.54) is 0 Å². The smallest absolute Gasteiger partial charge is 0.165 e. The van der Waals surface area contributed by atoms with Crippen LogP contribution in [-0.4, -0.2) is 23.3 Å². The zero-order chi connectivity index (χ0) is 51.3. The normalized spacial score (nSPS) is 11.3. The number of hydrogen-bond acceptors (Lipinski definition) is 7. The summed E-state index contributed by atoms with van der Waals surface area (Å²) in [6, 6.07) is 74.3. The molecule has 14 rings (SSSR count). The van der Waals surface area contributed by atoms with Crippen LogP contribution in [0.5, 0.6) is 0 Å². The maximum atomic E-state index is 10.4. The van der Waals surface area contributed by atoms with Gasteiger partial charge in [0, 0.05) is 48.7 Å². The highest BCUT2D eigenvalue weighted by molar-refractivity contribution is 6.16. The van der Waals surface area contributed by atoms with Crippen molar-refractivity contribution in [3.63, 3.8) is 0 Å². The van der Waals surface area contributed by atoms with E-state index in [0.717, 1.165) is 98.4 Å². The molecule has 0 aliphatic carbocycles. The van der Waals surface area contributed by atoms with Crippen LogP contribution in [0.15, 0.2) is 188 Å². The molecular formula is C65H31N11. The van der Waals surface area contributed by atoms with E-state index in [9.17, 15) is 31.6 Å². The van der Waals surface area contributed by atoms with Gasteiger partial charge in [0.15, 0.2) is 11.6 Å². The molecule has 11 nitrogen and oxygen atoms in total. The predicted molar refractivity (Wildman–Crippen MR) is 295 cm³/mol. The van der Waals surface area contributed by atoms with Crippen molar-refractivity contribution in [3.05, 3.63) is 221 Å². The second-order valence-electron chi connectivity index (χ2n) is 18.6. The first-order valence-corrected chi connectivity index (χ1v) is 24.2. The molecule has 0 atom stereocenters. The zero-order valence-electron chi connectivity index (χ0n) is 39.8. The minimum atomic E-state index is 0.445. The Morgan fingerprint density at radius 3 is 0.829 bits per heavy atom. The lowest BCUT2D eigenvalue weighted by Gasteiger charge is -2.27. The molecule has 0 bridgehead atoms. The topological polar surface area (TPSA) is 175 Å². The highest BCUT2D eigenvalue weighted by atomic mass is 15.2. The van der Waals surface area contributed by atoms with Crippen molar-refractivity contribution in [2.45, 2.75) is 0 Å². The maximum absolute atomic E-state index is 10.4. The van der Waals surface area contributed by atoms with Gasteiger partial charge in [-0.25, -0.2) is 4.98 Å². The fourth-order valence-electron chi connectivity index (χ4n) is 11.5. The molecule has 0 aliphatic rings. The first kappa shape index (κ1) is 43.1. The summed E-state index contributed by atoms with van der Waals surface area (Å²) in [6.45, 7) is 0. The summed E-state index contributed by atoms with van der Waals surface area (Å²) >= 11 is 0. The van der Waals surface area contributed by atoms with Crippen LogP contribution in [0.2, 0.25) is 0 Å². The van der Waals surface area contributed by atoms with Crippen molar-refractivity contribution < 1.29 is 0 Å². The monoisotopic (exact) mass is 965 g/mol. The fourth-order valence-corrected chi connectivity index (χ4v) is 11.5. The van der Waals surface area contributed by atoms with Gasteiger partial charge in [0.1, 0.15) is 11.4 Å². The van der Waals surface area contributed by atoms with Crippen molar-refractivity contribution in [2.75, 3.05) is 0 Å². The van der Waals surface area contributed by atoms with Crippen LogP contribution in [-0.2, 0) is 0 Å². The molecule has 0 amide bonds. The van der Waals surface area contributed by atoms with E-state index in [0.29, 0.717) is 56.4 Å². The Morgan fingerprint density at radius 2 is 0.526 bits per heavy atom. The second kappa shape index (κ2) is 16.4. The van der Waals surface area contributed by atoms with Gasteiger partial charge in [0.05, 0.1) is 114 Å². The number of benzene rings is 9. The molecule has 0 radical (unpaired) electrons. The minimum Gasteiger partial charge on any atom is -0.305 e. The summed E-state index contributed by atoms with van der Waals surface area (Å²) in [5.41, 5.74) is 11.8. The summed E-state index contributed by atoms with van der Waals surface area (Å²) < 4.78 is 8.71. The molecule has 76 heavy (non-hydrogen) atoms. The lowest BCUT2D eigenvalue weighted by molar-refractivity contribution is 0.961. The van der Waals surface area contributed by atoms with Crippen LogP contribution >= 0.6 is 0 Å². The van der Waals surface area contributed by atoms with Gasteiger partial charge in [-0.1, -0.05) is 66.7 Å². The molecule has 0 aliphatic heterocycles. The van der Waals surface area contributed by atoms with Crippen molar-refractivity contribution in [2.24, 2.45) is 0 Å². The van der Waals surface area contributed by atoms with Crippen LogP contribution in [0.4, 0.5) is 0 Å². The van der Waals surface area contributed by atoms with E-state index >= 15 is 0 Å². The van der Waals surface area contributed by atoms with Crippen molar-refractivity contribution in [1.82, 2.24) is 23.3 Å². The summed E-state index contributed by atoms with van der Waals surface area (Å²) in [7, 11) is 0. The van der Waals surface area contributed by atoms with E-state index < -0.39 is 0 Å². The van der Waals surface area contributed by atoms with E-state index in [4.69, 9.17) is 4.98 Å². The maximum Gasteiger partial charge on any atom is 0.165 e. The Bertz CT molecular complexity index is 4930. The third-order valence-corrected chi connectivity index (χ3v) is 14.7. The lowest BCUT2D eigenvalue weighted by Crippen LogP contribution is -2.16. The Hall–Kier alpha value is -11.7. The van der Waals surface area contributed by atoms with E-state index in [1.807, 2.05) is 127 Å². The van der Waals surface area contributed by atoms with E-state index in [1.54, 1.807) is 24.3 Å². The molecule has 0 saturated heterocycles. The van der Waals surface area contributed by atoms with Crippen molar-refractivity contribution >= 4 is 87.2 Å². The van der Waals surface area contributed by atoms with Gasteiger partial charge in [-0.15, -0.1) is 0 Å². The number of fused-ring (bicyclic) bond motifs is 12. The van der Waals surface area contributed by atoms with Gasteiger partial charge in [-0.2, -0.15) is 31.6 Å². The Labute approximate surface area is 432 Å². The molecule has 0 fully saturated rings. The van der Waals surface area contributed by atoms with Gasteiger partial charge in [-0.3, -0.25) is 9.13 Å². The lowest BCUT2D eigenvalue weighted by atomic mass is 10.00. The van der Waals surface area contributed by atoms with Gasteiger partial charge < -0.3 is 9.13 Å². The number of nitrogens with zero attached hydrogens (tertiary/aromatic N) is 11. The predicted octanol–water partition coefficient (Wildman–Crippen LogP) is 14.4. The van der Waals surface area contributed by atoms with Crippen LogP contribution in [0.3, 0.4) is 0 Å². The average Bonchev–Trinajstić information content (AvgIpc) is 4.36. The molecule has 0 saturated carbocycles. The Kier molecular flexibility index (Phi) is 9.30. The number of para-hydroxylation sites is 2. The summed E-state index contributed by atoms with van der Waals surface area (Å²) in [4.78, 5) is 6.15. The van der Waals surface area contributed by atoms with Gasteiger partial charge >= 0.3 is 0 Å². The Morgan fingerprint density at radius 1 is 0.263 bits per heavy atom. The van der Waals surface area contributed by atoms with Gasteiger partial charge in [0.25, 0.3) is 0 Å². The molecule has 0 N–H and O–H groups in total. The van der Waals surface area contributed by atoms with E-state index in [-0.39, 0.29) is 0 Å². The fraction of sp³-hybridized carbons (Fsp3) is 0. The van der Waals surface area contributed by atoms with Gasteiger partial charge in [-0.05, 0) is 127 Å². The third kappa shape index (κ3) is 6.07. The van der Waals surface area contributed by atoms with Gasteiger partial charge in [0.2, 0.25) is 0 Å². The molecule has 11 heteroatoms. The second-order valence-corrected chi connectivity index (χ2v) is 18.6.